The fourth-order valence-electron chi connectivity index (χ4n) is 5.04. The average Bonchev–Trinajstić information content (AvgIpc) is 2.89. The third-order valence-electron chi connectivity index (χ3n) is 6.87. The van der Waals surface area contributed by atoms with Crippen molar-refractivity contribution in [2.24, 2.45) is 5.92 Å². The minimum Gasteiger partial charge on any atom is -0.493 e. The van der Waals surface area contributed by atoms with Gasteiger partial charge in [-0.25, -0.2) is 0 Å². The van der Waals surface area contributed by atoms with E-state index in [1.807, 2.05) is 6.07 Å². The summed E-state index contributed by atoms with van der Waals surface area (Å²) < 4.78 is 11.4. The maximum absolute atomic E-state index is 11.6. The Bertz CT molecular complexity index is 1000. The fraction of sp³-hybridized carbons (Fsp3) is 0.367. The Hall–Kier alpha value is -3.11. The Balaban J connectivity index is 1.28. The van der Waals surface area contributed by atoms with Crippen molar-refractivity contribution < 1.29 is 14.3 Å². The van der Waals surface area contributed by atoms with Crippen molar-refractivity contribution in [3.05, 3.63) is 95.6 Å². The minimum absolute atomic E-state index is 0.0232. The fourth-order valence-corrected chi connectivity index (χ4v) is 5.04. The molecule has 0 bridgehead atoms. The summed E-state index contributed by atoms with van der Waals surface area (Å²) in [5.41, 5.74) is 3.48. The third kappa shape index (κ3) is 6.06. The molecule has 3 aromatic carbocycles. The van der Waals surface area contributed by atoms with Crippen LogP contribution in [0, 0.1) is 5.92 Å². The van der Waals surface area contributed by atoms with Crippen molar-refractivity contribution in [2.45, 2.75) is 32.1 Å². The lowest BCUT2D eigenvalue weighted by atomic mass is 9.76. The second kappa shape index (κ2) is 11.8. The van der Waals surface area contributed by atoms with Crippen LogP contribution in [0.15, 0.2) is 78.9 Å². The molecule has 1 aliphatic heterocycles. The molecule has 0 aromatic heterocycles. The number of likely N-dealkylation sites (tertiary alicyclic amines) is 1. The number of ether oxygens (including phenoxy) is 2. The highest BCUT2D eigenvalue weighted by atomic mass is 16.5. The molecule has 1 fully saturated rings. The zero-order chi connectivity index (χ0) is 23.8. The molecule has 1 aliphatic rings. The number of benzene rings is 3. The molecule has 1 saturated heterocycles. The quantitative estimate of drug-likeness (QED) is 0.268. The molecule has 0 radical (unpaired) electrons. The van der Waals surface area contributed by atoms with E-state index < -0.39 is 0 Å². The molecule has 4 nitrogen and oxygen atoms in total. The number of hydrogen-bond donors (Lipinski definition) is 0. The number of hydrogen-bond acceptors (Lipinski definition) is 4. The van der Waals surface area contributed by atoms with Gasteiger partial charge in [0.2, 0.25) is 0 Å². The smallest absolute Gasteiger partial charge is 0.161 e. The molecule has 0 N–H and O–H groups in total. The summed E-state index contributed by atoms with van der Waals surface area (Å²) in [6, 6.07) is 27.3. The number of carbonyl (C=O) groups excluding carboxylic acids is 1. The van der Waals surface area contributed by atoms with E-state index in [0.29, 0.717) is 35.5 Å². The van der Waals surface area contributed by atoms with Gasteiger partial charge in [0.1, 0.15) is 0 Å². The Morgan fingerprint density at radius 2 is 1.53 bits per heavy atom. The monoisotopic (exact) mass is 457 g/mol. The number of rotatable bonds is 10. The van der Waals surface area contributed by atoms with Gasteiger partial charge in [0, 0.05) is 18.0 Å². The maximum atomic E-state index is 11.6. The van der Waals surface area contributed by atoms with Gasteiger partial charge in [-0.2, -0.15) is 0 Å². The molecule has 0 amide bonds. The van der Waals surface area contributed by atoms with Gasteiger partial charge >= 0.3 is 0 Å². The van der Waals surface area contributed by atoms with E-state index in [9.17, 15) is 4.79 Å². The summed E-state index contributed by atoms with van der Waals surface area (Å²) >= 11 is 0. The molecule has 4 heteroatoms. The molecule has 178 valence electrons. The number of piperidine rings is 1. The van der Waals surface area contributed by atoms with Gasteiger partial charge in [-0.15, -0.1) is 0 Å². The molecule has 0 atom stereocenters. The predicted octanol–water partition coefficient (Wildman–Crippen LogP) is 6.21. The van der Waals surface area contributed by atoms with Crippen molar-refractivity contribution in [2.75, 3.05) is 33.4 Å². The van der Waals surface area contributed by atoms with Gasteiger partial charge < -0.3 is 14.4 Å². The highest BCUT2D eigenvalue weighted by Crippen LogP contribution is 2.38. The number of Topliss-reactive ketones (excluding diaryl/α,β-unsaturated/α-hetero) is 1. The van der Waals surface area contributed by atoms with Crippen LogP contribution < -0.4 is 9.47 Å². The number of nitrogens with zero attached hydrogens (tertiary/aromatic N) is 1. The first-order valence-electron chi connectivity index (χ1n) is 12.3. The molecule has 4 rings (SSSR count). The van der Waals surface area contributed by atoms with Crippen molar-refractivity contribution >= 4 is 5.78 Å². The maximum Gasteiger partial charge on any atom is 0.161 e. The topological polar surface area (TPSA) is 38.8 Å². The normalized spacial score (nSPS) is 14.8. The van der Waals surface area contributed by atoms with E-state index in [2.05, 4.69) is 65.6 Å². The summed E-state index contributed by atoms with van der Waals surface area (Å²) in [4.78, 5) is 14.1. The highest BCUT2D eigenvalue weighted by molar-refractivity contribution is 5.94. The van der Waals surface area contributed by atoms with Crippen LogP contribution in [0.3, 0.4) is 0 Å². The largest absolute Gasteiger partial charge is 0.493 e. The van der Waals surface area contributed by atoms with Gasteiger partial charge in [-0.05, 0) is 74.5 Å². The summed E-state index contributed by atoms with van der Waals surface area (Å²) in [5.74, 6) is 2.44. The zero-order valence-electron chi connectivity index (χ0n) is 20.3. The van der Waals surface area contributed by atoms with Crippen LogP contribution >= 0.6 is 0 Å². The van der Waals surface area contributed by atoms with Crippen LogP contribution in [0.5, 0.6) is 11.5 Å². The zero-order valence-corrected chi connectivity index (χ0v) is 20.3. The van der Waals surface area contributed by atoms with Gasteiger partial charge in [0.15, 0.2) is 17.3 Å². The lowest BCUT2D eigenvalue weighted by Crippen LogP contribution is -2.36. The van der Waals surface area contributed by atoms with Gasteiger partial charge in [0.25, 0.3) is 0 Å². The molecule has 34 heavy (non-hydrogen) atoms. The summed E-state index contributed by atoms with van der Waals surface area (Å²) in [6.07, 6.45) is 3.37. The average molecular weight is 458 g/mol. The molecule has 0 spiro atoms. The molecular weight excluding hydrogens is 422 g/mol. The molecule has 1 heterocycles. The van der Waals surface area contributed by atoms with Crippen molar-refractivity contribution in [1.82, 2.24) is 4.90 Å². The van der Waals surface area contributed by atoms with Gasteiger partial charge in [-0.3, -0.25) is 4.79 Å². The first-order valence-corrected chi connectivity index (χ1v) is 12.3. The highest BCUT2D eigenvalue weighted by Gasteiger charge is 2.28. The standard InChI is InChI=1S/C30H35NO3/c1-23(32)27-14-15-28(29(22-27)33-2)34-21-9-18-31-19-16-26(17-20-31)30(24-10-5-3-6-11-24)25-12-7-4-8-13-25/h3-8,10-15,22,26,30H,9,16-21H2,1-2H3. The first kappa shape index (κ1) is 24.0. The van der Waals surface area contributed by atoms with E-state index in [1.165, 1.54) is 24.0 Å². The Kier molecular flexibility index (Phi) is 8.37. The van der Waals surface area contributed by atoms with E-state index >= 15 is 0 Å². The van der Waals surface area contributed by atoms with Crippen LogP contribution in [-0.4, -0.2) is 44.0 Å². The lowest BCUT2D eigenvalue weighted by molar-refractivity contribution is 0.101. The van der Waals surface area contributed by atoms with Crippen LogP contribution in [0.2, 0.25) is 0 Å². The van der Waals surface area contributed by atoms with Crippen molar-refractivity contribution in [3.63, 3.8) is 0 Å². The van der Waals surface area contributed by atoms with E-state index in [4.69, 9.17) is 9.47 Å². The lowest BCUT2D eigenvalue weighted by Gasteiger charge is -2.36. The van der Waals surface area contributed by atoms with Crippen LogP contribution in [-0.2, 0) is 0 Å². The predicted molar refractivity (Wildman–Crippen MR) is 137 cm³/mol. The van der Waals surface area contributed by atoms with Crippen LogP contribution in [0.25, 0.3) is 0 Å². The molecular formula is C30H35NO3. The van der Waals surface area contributed by atoms with E-state index in [0.717, 1.165) is 26.1 Å². The molecule has 0 saturated carbocycles. The summed E-state index contributed by atoms with van der Waals surface area (Å²) in [6.45, 7) is 5.46. The first-order chi connectivity index (χ1) is 16.7. The SMILES string of the molecule is COc1cc(C(C)=O)ccc1OCCCN1CCC(C(c2ccccc2)c2ccccc2)CC1. The van der Waals surface area contributed by atoms with Crippen molar-refractivity contribution in [3.8, 4) is 11.5 Å². The summed E-state index contributed by atoms with van der Waals surface area (Å²) in [7, 11) is 1.61. The van der Waals surface area contributed by atoms with Crippen molar-refractivity contribution in [1.29, 1.82) is 0 Å². The summed E-state index contributed by atoms with van der Waals surface area (Å²) in [5, 5.41) is 0. The number of ketones is 1. The molecule has 0 unspecified atom stereocenters. The second-order valence-electron chi connectivity index (χ2n) is 9.10. The van der Waals surface area contributed by atoms with E-state index in [1.54, 1.807) is 26.2 Å². The molecule has 0 aliphatic carbocycles. The Morgan fingerprint density at radius 3 is 2.09 bits per heavy atom. The Labute approximate surface area is 203 Å². The van der Waals surface area contributed by atoms with Gasteiger partial charge in [-0.1, -0.05) is 60.7 Å². The number of carbonyl (C=O) groups is 1. The Morgan fingerprint density at radius 1 is 0.912 bits per heavy atom. The van der Waals surface area contributed by atoms with Crippen LogP contribution in [0.4, 0.5) is 0 Å². The third-order valence-corrected chi connectivity index (χ3v) is 6.87. The van der Waals surface area contributed by atoms with Crippen LogP contribution in [0.1, 0.15) is 53.6 Å². The molecule has 3 aromatic rings. The second-order valence-corrected chi connectivity index (χ2v) is 9.10. The number of methoxy groups -OCH3 is 1. The van der Waals surface area contributed by atoms with E-state index in [-0.39, 0.29) is 5.78 Å². The minimum atomic E-state index is 0.0232. The van der Waals surface area contributed by atoms with Gasteiger partial charge in [0.05, 0.1) is 13.7 Å².